The maximum atomic E-state index is 13.1. The van der Waals surface area contributed by atoms with Crippen molar-refractivity contribution in [1.82, 2.24) is 0 Å². The summed E-state index contributed by atoms with van der Waals surface area (Å²) in [7, 11) is -16.6. The number of rotatable bonds is 42. The molecule has 0 radical (unpaired) electrons. The van der Waals surface area contributed by atoms with Crippen molar-refractivity contribution in [3.05, 3.63) is 24.3 Å². The monoisotopic (exact) mass is 1020 g/mol. The zero-order valence-corrected chi connectivity index (χ0v) is 42.7. The molecule has 1 saturated carbocycles. The summed E-state index contributed by atoms with van der Waals surface area (Å²) in [5.41, 5.74) is 0. The minimum atomic E-state index is -5.60. The first kappa shape index (κ1) is 63.6. The molecule has 0 aliphatic heterocycles. The number of aliphatic hydroxyl groups excluding tert-OH is 3. The smallest absolute Gasteiger partial charge is 0.462 e. The number of aliphatic hydroxyl groups is 3. The van der Waals surface area contributed by atoms with Crippen molar-refractivity contribution in [2.75, 3.05) is 13.2 Å². The van der Waals surface area contributed by atoms with Crippen LogP contribution >= 0.6 is 23.5 Å². The number of carbonyl (C=O) groups excluding carboxylic acids is 2. The Labute approximate surface area is 398 Å². The quantitative estimate of drug-likeness (QED) is 0.0122. The van der Waals surface area contributed by atoms with E-state index in [9.17, 15) is 63.1 Å². The molecule has 8 N–H and O–H groups in total. The van der Waals surface area contributed by atoms with Crippen molar-refractivity contribution in [3.8, 4) is 0 Å². The highest BCUT2D eigenvalue weighted by Crippen LogP contribution is 2.51. The Morgan fingerprint density at radius 2 is 0.821 bits per heavy atom. The summed E-state index contributed by atoms with van der Waals surface area (Å²) in [5, 5.41) is 31.9. The third-order valence-electron chi connectivity index (χ3n) is 11.2. The van der Waals surface area contributed by atoms with Crippen molar-refractivity contribution in [2.24, 2.45) is 0 Å². The molecule has 8 atom stereocenters. The molecular formula is C45H85O19P3. The second kappa shape index (κ2) is 37.4. The number of allylic oxidation sites excluding steroid dienone is 4. The van der Waals surface area contributed by atoms with Crippen molar-refractivity contribution < 1.29 is 90.6 Å². The summed E-state index contributed by atoms with van der Waals surface area (Å²) >= 11 is 0. The number of hydrogen-bond donors (Lipinski definition) is 8. The van der Waals surface area contributed by atoms with Crippen LogP contribution in [-0.2, 0) is 50.9 Å². The lowest BCUT2D eigenvalue weighted by Gasteiger charge is -2.44. The van der Waals surface area contributed by atoms with E-state index < -0.39 is 91.3 Å². The van der Waals surface area contributed by atoms with Gasteiger partial charge < -0.3 is 49.3 Å². The van der Waals surface area contributed by atoms with E-state index in [1.54, 1.807) is 0 Å². The third kappa shape index (κ3) is 33.8. The molecule has 1 aliphatic rings. The molecule has 0 heterocycles. The molecule has 0 aromatic heterocycles. The van der Waals surface area contributed by atoms with Crippen molar-refractivity contribution in [2.45, 2.75) is 236 Å². The van der Waals surface area contributed by atoms with Crippen LogP contribution in [0.5, 0.6) is 0 Å². The van der Waals surface area contributed by atoms with E-state index in [2.05, 4.69) is 47.2 Å². The van der Waals surface area contributed by atoms with Crippen molar-refractivity contribution in [3.63, 3.8) is 0 Å². The van der Waals surface area contributed by atoms with Gasteiger partial charge in [-0.15, -0.1) is 0 Å². The molecular weight excluding hydrogens is 937 g/mol. The zero-order valence-electron chi connectivity index (χ0n) is 40.0. The SMILES string of the molecule is CCCCCCC=CCCCCCCCCCC(=O)OCC(COP(=O)(O)OC1C(O)C(O)C(OP(=O)(O)O)C(OP(=O)(O)O)C1O)OC(=O)CCCCCCCC=CCCCCCCCC. The molecule has 394 valence electrons. The summed E-state index contributed by atoms with van der Waals surface area (Å²) in [4.78, 5) is 73.2. The maximum absolute atomic E-state index is 13.1. The van der Waals surface area contributed by atoms with Gasteiger partial charge in [-0.1, -0.05) is 141 Å². The average Bonchev–Trinajstić information content (AvgIpc) is 3.25. The standard InChI is InChI=1S/C45H85O19P3/c1-3-5-7-9-11-13-15-17-19-21-23-25-27-29-31-33-38(46)59-35-37(61-39(47)34-32-30-28-26-24-22-20-18-16-14-12-10-8-6-4-2)36-60-67(57,58)64-43-40(48)41(49)44(62-65(51,52)53)45(42(43)50)63-66(54,55)56/h13,15,18,20,37,40-45,48-50H,3-12,14,16-17,19,21-36H2,1-2H3,(H,57,58)(H2,51,52,53)(H2,54,55,56). The summed E-state index contributed by atoms with van der Waals surface area (Å²) in [6, 6.07) is 0. The molecule has 0 spiro atoms. The van der Waals surface area contributed by atoms with Gasteiger partial charge >= 0.3 is 35.4 Å². The molecule has 0 amide bonds. The Bertz CT molecular complexity index is 1500. The van der Waals surface area contributed by atoms with Crippen molar-refractivity contribution in [1.29, 1.82) is 0 Å². The van der Waals surface area contributed by atoms with Crippen LogP contribution in [0.2, 0.25) is 0 Å². The first-order valence-corrected chi connectivity index (χ1v) is 29.2. The van der Waals surface area contributed by atoms with E-state index in [0.717, 1.165) is 89.9 Å². The van der Waals surface area contributed by atoms with E-state index in [0.29, 0.717) is 12.8 Å². The maximum Gasteiger partial charge on any atom is 0.472 e. The lowest BCUT2D eigenvalue weighted by Crippen LogP contribution is -2.65. The van der Waals surface area contributed by atoms with E-state index >= 15 is 0 Å². The van der Waals surface area contributed by atoms with Gasteiger partial charge in [0, 0.05) is 12.8 Å². The van der Waals surface area contributed by atoms with Crippen LogP contribution in [0.1, 0.15) is 194 Å². The number of phosphoric ester groups is 3. The largest absolute Gasteiger partial charge is 0.472 e. The van der Waals surface area contributed by atoms with Gasteiger partial charge in [0.1, 0.15) is 43.2 Å². The number of esters is 2. The molecule has 1 rings (SSSR count). The van der Waals surface area contributed by atoms with E-state index in [1.165, 1.54) is 64.2 Å². The number of carbonyl (C=O) groups is 2. The van der Waals surface area contributed by atoms with Gasteiger partial charge in [-0.2, -0.15) is 0 Å². The number of hydrogen-bond acceptors (Lipinski definition) is 14. The Hall–Kier alpha value is -1.37. The van der Waals surface area contributed by atoms with Crippen LogP contribution in [0.25, 0.3) is 0 Å². The predicted octanol–water partition coefficient (Wildman–Crippen LogP) is 9.07. The highest BCUT2D eigenvalue weighted by atomic mass is 31.2. The van der Waals surface area contributed by atoms with Gasteiger partial charge in [-0.3, -0.25) is 27.7 Å². The first-order chi connectivity index (χ1) is 31.8. The Balaban J connectivity index is 2.72. The second-order valence-corrected chi connectivity index (χ2v) is 21.2. The predicted molar refractivity (Wildman–Crippen MR) is 252 cm³/mol. The molecule has 0 saturated heterocycles. The van der Waals surface area contributed by atoms with Gasteiger partial charge in [0.05, 0.1) is 6.61 Å². The number of unbranched alkanes of at least 4 members (excludes halogenated alkanes) is 22. The number of ether oxygens (including phenoxy) is 2. The average molecular weight is 1020 g/mol. The highest BCUT2D eigenvalue weighted by Gasteiger charge is 2.56. The lowest BCUT2D eigenvalue weighted by molar-refractivity contribution is -0.213. The van der Waals surface area contributed by atoms with Crippen molar-refractivity contribution >= 4 is 35.4 Å². The van der Waals surface area contributed by atoms with E-state index in [1.807, 2.05) is 0 Å². The number of phosphoric acid groups is 3. The fraction of sp³-hybridized carbons (Fsp3) is 0.867. The second-order valence-electron chi connectivity index (χ2n) is 17.4. The molecule has 1 aliphatic carbocycles. The highest BCUT2D eigenvalue weighted by molar-refractivity contribution is 7.47. The minimum absolute atomic E-state index is 0.0110. The van der Waals surface area contributed by atoms with Gasteiger partial charge in [0.25, 0.3) is 0 Å². The van der Waals surface area contributed by atoms with E-state index in [-0.39, 0.29) is 12.8 Å². The van der Waals surface area contributed by atoms with Crippen LogP contribution < -0.4 is 0 Å². The summed E-state index contributed by atoms with van der Waals surface area (Å²) in [6.45, 7) is 2.93. The molecule has 19 nitrogen and oxygen atoms in total. The fourth-order valence-corrected chi connectivity index (χ4v) is 9.61. The molecule has 8 unspecified atom stereocenters. The zero-order chi connectivity index (χ0) is 50.0. The van der Waals surface area contributed by atoms with Crippen LogP contribution in [0.15, 0.2) is 24.3 Å². The van der Waals surface area contributed by atoms with Gasteiger partial charge in [0.2, 0.25) is 0 Å². The van der Waals surface area contributed by atoms with Gasteiger partial charge in [-0.05, 0) is 64.2 Å². The molecule has 0 aromatic rings. The summed E-state index contributed by atoms with van der Waals surface area (Å²) in [5.74, 6) is -1.31. The third-order valence-corrected chi connectivity index (χ3v) is 13.3. The van der Waals surface area contributed by atoms with E-state index in [4.69, 9.17) is 18.5 Å². The normalized spacial score (nSPS) is 21.8. The molecule has 67 heavy (non-hydrogen) atoms. The van der Waals surface area contributed by atoms with Crippen LogP contribution in [0.3, 0.4) is 0 Å². The molecule has 0 bridgehead atoms. The summed E-state index contributed by atoms with van der Waals surface area (Å²) < 4.78 is 65.5. The minimum Gasteiger partial charge on any atom is -0.462 e. The topological polar surface area (TPSA) is 303 Å². The first-order valence-electron chi connectivity index (χ1n) is 24.6. The Morgan fingerprint density at radius 3 is 1.25 bits per heavy atom. The lowest BCUT2D eigenvalue weighted by atomic mass is 9.85. The Kier molecular flexibility index (Phi) is 35.5. The van der Waals surface area contributed by atoms with Crippen LogP contribution in [-0.4, -0.2) is 108 Å². The van der Waals surface area contributed by atoms with Crippen LogP contribution in [0, 0.1) is 0 Å². The van der Waals surface area contributed by atoms with Gasteiger partial charge in [-0.25, -0.2) is 13.7 Å². The molecule has 22 heteroatoms. The molecule has 0 aromatic carbocycles. The molecule has 1 fully saturated rings. The Morgan fingerprint density at radius 1 is 0.463 bits per heavy atom. The van der Waals surface area contributed by atoms with Gasteiger partial charge in [0.15, 0.2) is 6.10 Å². The summed E-state index contributed by atoms with van der Waals surface area (Å²) in [6.07, 6.45) is 20.5. The fourth-order valence-electron chi connectivity index (χ4n) is 7.51. The van der Waals surface area contributed by atoms with Crippen LogP contribution in [0.4, 0.5) is 0 Å².